The molecule has 0 aromatic carbocycles. The fraction of sp³-hybridized carbons (Fsp3) is 0.571. The standard InChI is InChI=1S/C14H22N4O/c1-5-19-11(4)9-16-14-13-8-12(10(2)3)17-18(13)7-6-15-14/h6-8,10-11H,5,9H2,1-4H3,(H,15,16). The molecule has 0 saturated heterocycles. The molecule has 0 saturated carbocycles. The van der Waals surface area contributed by atoms with Crippen LogP contribution in [0.15, 0.2) is 18.5 Å². The van der Waals surface area contributed by atoms with E-state index in [1.165, 1.54) is 0 Å². The van der Waals surface area contributed by atoms with E-state index in [1.54, 1.807) is 6.20 Å². The van der Waals surface area contributed by atoms with Crippen LogP contribution in [0.3, 0.4) is 0 Å². The van der Waals surface area contributed by atoms with E-state index in [0.717, 1.165) is 30.2 Å². The Bertz CT molecular complexity index is 535. The molecule has 0 bridgehead atoms. The maximum Gasteiger partial charge on any atom is 0.152 e. The van der Waals surface area contributed by atoms with E-state index in [2.05, 4.69) is 35.3 Å². The van der Waals surface area contributed by atoms with Gasteiger partial charge >= 0.3 is 0 Å². The number of hydrogen-bond donors (Lipinski definition) is 1. The average molecular weight is 262 g/mol. The van der Waals surface area contributed by atoms with E-state index in [0.29, 0.717) is 5.92 Å². The molecular formula is C14H22N4O. The first-order chi connectivity index (χ1) is 9.11. The molecule has 2 aromatic heterocycles. The Morgan fingerprint density at radius 2 is 2.16 bits per heavy atom. The average Bonchev–Trinajstić information content (AvgIpc) is 2.81. The van der Waals surface area contributed by atoms with Crippen molar-refractivity contribution in [3.05, 3.63) is 24.2 Å². The van der Waals surface area contributed by atoms with Crippen molar-refractivity contribution in [1.29, 1.82) is 0 Å². The number of ether oxygens (including phenoxy) is 1. The van der Waals surface area contributed by atoms with Gasteiger partial charge in [-0.2, -0.15) is 5.10 Å². The minimum Gasteiger partial charge on any atom is -0.377 e. The summed E-state index contributed by atoms with van der Waals surface area (Å²) in [5.74, 6) is 1.27. The van der Waals surface area contributed by atoms with Gasteiger partial charge in [0.25, 0.3) is 0 Å². The maximum absolute atomic E-state index is 5.51. The van der Waals surface area contributed by atoms with Crippen LogP contribution < -0.4 is 5.32 Å². The van der Waals surface area contributed by atoms with Crippen LogP contribution in [0.4, 0.5) is 5.82 Å². The van der Waals surface area contributed by atoms with E-state index in [1.807, 2.05) is 24.6 Å². The van der Waals surface area contributed by atoms with Crippen molar-refractivity contribution < 1.29 is 4.74 Å². The van der Waals surface area contributed by atoms with E-state index in [-0.39, 0.29) is 6.10 Å². The van der Waals surface area contributed by atoms with E-state index >= 15 is 0 Å². The summed E-state index contributed by atoms with van der Waals surface area (Å²) in [6.07, 6.45) is 3.80. The lowest BCUT2D eigenvalue weighted by atomic mass is 10.1. The highest BCUT2D eigenvalue weighted by molar-refractivity contribution is 5.67. The SMILES string of the molecule is CCOC(C)CNc1nccn2nc(C(C)C)cc12. The van der Waals surface area contributed by atoms with E-state index in [4.69, 9.17) is 4.74 Å². The Morgan fingerprint density at radius 1 is 1.37 bits per heavy atom. The van der Waals surface area contributed by atoms with Gasteiger partial charge in [0, 0.05) is 25.5 Å². The first-order valence-electron chi connectivity index (χ1n) is 6.81. The summed E-state index contributed by atoms with van der Waals surface area (Å²) in [7, 11) is 0. The van der Waals surface area contributed by atoms with Gasteiger partial charge in [-0.1, -0.05) is 13.8 Å². The molecule has 104 valence electrons. The van der Waals surface area contributed by atoms with Crippen LogP contribution in [-0.4, -0.2) is 33.9 Å². The Hall–Kier alpha value is -1.62. The second-order valence-corrected chi connectivity index (χ2v) is 4.98. The summed E-state index contributed by atoms with van der Waals surface area (Å²) in [4.78, 5) is 4.38. The van der Waals surface area contributed by atoms with Crippen LogP contribution in [0.2, 0.25) is 0 Å². The van der Waals surface area contributed by atoms with Crippen molar-refractivity contribution in [3.63, 3.8) is 0 Å². The van der Waals surface area contributed by atoms with Crippen molar-refractivity contribution in [2.75, 3.05) is 18.5 Å². The molecule has 0 amide bonds. The molecule has 0 aliphatic carbocycles. The van der Waals surface area contributed by atoms with Crippen molar-refractivity contribution in [2.24, 2.45) is 0 Å². The monoisotopic (exact) mass is 262 g/mol. The highest BCUT2D eigenvalue weighted by atomic mass is 16.5. The molecule has 0 aliphatic rings. The summed E-state index contributed by atoms with van der Waals surface area (Å²) in [5.41, 5.74) is 2.09. The molecule has 2 rings (SSSR count). The number of nitrogens with one attached hydrogen (secondary N) is 1. The van der Waals surface area contributed by atoms with Crippen molar-refractivity contribution >= 4 is 11.3 Å². The maximum atomic E-state index is 5.51. The second-order valence-electron chi connectivity index (χ2n) is 4.98. The largest absolute Gasteiger partial charge is 0.377 e. The van der Waals surface area contributed by atoms with Gasteiger partial charge in [0.1, 0.15) is 5.52 Å². The van der Waals surface area contributed by atoms with Crippen molar-refractivity contribution in [3.8, 4) is 0 Å². The minimum atomic E-state index is 0.166. The zero-order valence-electron chi connectivity index (χ0n) is 12.1. The first kappa shape index (κ1) is 13.8. The fourth-order valence-corrected chi connectivity index (χ4v) is 1.94. The molecule has 0 fully saturated rings. The molecule has 0 aliphatic heterocycles. The second kappa shape index (κ2) is 6.02. The summed E-state index contributed by atoms with van der Waals surface area (Å²) < 4.78 is 7.38. The van der Waals surface area contributed by atoms with Crippen molar-refractivity contribution in [2.45, 2.75) is 39.7 Å². The smallest absolute Gasteiger partial charge is 0.152 e. The van der Waals surface area contributed by atoms with Gasteiger partial charge < -0.3 is 10.1 Å². The Morgan fingerprint density at radius 3 is 2.84 bits per heavy atom. The van der Waals surface area contributed by atoms with Crippen LogP contribution in [-0.2, 0) is 4.74 Å². The fourth-order valence-electron chi connectivity index (χ4n) is 1.94. The molecule has 1 N–H and O–H groups in total. The highest BCUT2D eigenvalue weighted by Crippen LogP contribution is 2.19. The normalized spacial score (nSPS) is 13.1. The van der Waals surface area contributed by atoms with E-state index in [9.17, 15) is 0 Å². The molecule has 0 radical (unpaired) electrons. The molecule has 1 unspecified atom stereocenters. The topological polar surface area (TPSA) is 51.5 Å². The lowest BCUT2D eigenvalue weighted by Gasteiger charge is -2.13. The van der Waals surface area contributed by atoms with Crippen molar-refractivity contribution in [1.82, 2.24) is 14.6 Å². The predicted molar refractivity (Wildman–Crippen MR) is 76.7 cm³/mol. The lowest BCUT2D eigenvalue weighted by Crippen LogP contribution is -2.20. The van der Waals surface area contributed by atoms with Gasteiger partial charge in [0.05, 0.1) is 11.8 Å². The zero-order chi connectivity index (χ0) is 13.8. The van der Waals surface area contributed by atoms with Crippen LogP contribution in [0.25, 0.3) is 5.52 Å². The molecular weight excluding hydrogens is 240 g/mol. The summed E-state index contributed by atoms with van der Waals surface area (Å²) in [6, 6.07) is 2.09. The van der Waals surface area contributed by atoms with Gasteiger partial charge in [-0.05, 0) is 25.8 Å². The molecule has 1 atom stereocenters. The number of anilines is 1. The number of fused-ring (bicyclic) bond motifs is 1. The van der Waals surface area contributed by atoms with Crippen LogP contribution in [0, 0.1) is 0 Å². The van der Waals surface area contributed by atoms with Gasteiger partial charge in [-0.3, -0.25) is 0 Å². The number of rotatable bonds is 6. The molecule has 5 nitrogen and oxygen atoms in total. The summed E-state index contributed by atoms with van der Waals surface area (Å²) >= 11 is 0. The van der Waals surface area contributed by atoms with Crippen LogP contribution in [0.1, 0.15) is 39.3 Å². The lowest BCUT2D eigenvalue weighted by molar-refractivity contribution is 0.0855. The Labute approximate surface area is 114 Å². The number of hydrogen-bond acceptors (Lipinski definition) is 4. The molecule has 0 spiro atoms. The predicted octanol–water partition coefficient (Wildman–Crippen LogP) is 2.69. The highest BCUT2D eigenvalue weighted by Gasteiger charge is 2.10. The quantitative estimate of drug-likeness (QED) is 0.869. The third-order valence-corrected chi connectivity index (χ3v) is 3.01. The zero-order valence-corrected chi connectivity index (χ0v) is 12.1. The molecule has 5 heteroatoms. The van der Waals surface area contributed by atoms with Crippen LogP contribution >= 0.6 is 0 Å². The number of aromatic nitrogens is 3. The van der Waals surface area contributed by atoms with Gasteiger partial charge in [-0.15, -0.1) is 0 Å². The van der Waals surface area contributed by atoms with Gasteiger partial charge in [0.15, 0.2) is 5.82 Å². The third-order valence-electron chi connectivity index (χ3n) is 3.01. The minimum absolute atomic E-state index is 0.166. The summed E-state index contributed by atoms with van der Waals surface area (Å²) in [6.45, 7) is 9.79. The van der Waals surface area contributed by atoms with Gasteiger partial charge in [-0.25, -0.2) is 9.50 Å². The first-order valence-corrected chi connectivity index (χ1v) is 6.81. The Balaban J connectivity index is 2.18. The third kappa shape index (κ3) is 3.23. The number of nitrogens with zero attached hydrogens (tertiary/aromatic N) is 3. The molecule has 19 heavy (non-hydrogen) atoms. The van der Waals surface area contributed by atoms with Crippen LogP contribution in [0.5, 0.6) is 0 Å². The molecule has 2 aromatic rings. The van der Waals surface area contributed by atoms with Gasteiger partial charge in [0.2, 0.25) is 0 Å². The van der Waals surface area contributed by atoms with E-state index < -0.39 is 0 Å². The Kier molecular flexibility index (Phi) is 4.37. The summed E-state index contributed by atoms with van der Waals surface area (Å²) in [5, 5.41) is 7.87. The molecule has 2 heterocycles.